The molecule has 2 aromatic carbocycles. The van der Waals surface area contributed by atoms with Gasteiger partial charge in [-0.2, -0.15) is 0 Å². The minimum Gasteiger partial charge on any atom is -0.481 e. The molecule has 36 nitrogen and oxygen atoms in total. The Labute approximate surface area is 627 Å². The normalized spacial score (nSPS) is 14.9. The zero-order chi connectivity index (χ0) is 81.0. The Morgan fingerprint density at radius 1 is 0.454 bits per heavy atom. The average Bonchev–Trinajstić information content (AvgIpc) is 1.40. The van der Waals surface area contributed by atoms with Crippen LogP contribution in [0.1, 0.15) is 144 Å². The van der Waals surface area contributed by atoms with Crippen molar-refractivity contribution >= 4 is 99.6 Å². The number of aromatic amines is 1. The van der Waals surface area contributed by atoms with Crippen LogP contribution in [0.3, 0.4) is 0 Å². The summed E-state index contributed by atoms with van der Waals surface area (Å²) in [7, 11) is 0. The van der Waals surface area contributed by atoms with Crippen molar-refractivity contribution in [3.8, 4) is 0 Å². The maximum atomic E-state index is 14.8. The number of aliphatic hydroxyl groups excluding tert-OH is 2. The van der Waals surface area contributed by atoms with Crippen LogP contribution in [0.2, 0.25) is 0 Å². The van der Waals surface area contributed by atoms with E-state index in [1.165, 1.54) is 13.8 Å². The van der Waals surface area contributed by atoms with Crippen LogP contribution in [0.25, 0.3) is 10.9 Å². The number of fused-ring (bicyclic) bond motifs is 1. The number of aliphatic hydroxyl groups is 2. The van der Waals surface area contributed by atoms with E-state index >= 15 is 0 Å². The summed E-state index contributed by atoms with van der Waals surface area (Å²) in [4.78, 5) is 207. The Morgan fingerprint density at radius 2 is 0.898 bits per heavy atom. The number of aliphatic carboxylic acids is 2. The second-order valence-corrected chi connectivity index (χ2v) is 27.7. The van der Waals surface area contributed by atoms with Crippen LogP contribution in [0, 0.1) is 17.8 Å². The summed E-state index contributed by atoms with van der Waals surface area (Å²) in [6, 6.07) is -1.41. The van der Waals surface area contributed by atoms with Crippen molar-refractivity contribution in [2.75, 3.05) is 39.4 Å². The number of nitrogens with one attached hydrogen (secondary N) is 14. The number of amides is 13. The highest BCUT2D eigenvalue weighted by molar-refractivity contribution is 6.01. The zero-order valence-corrected chi connectivity index (χ0v) is 62.9. The van der Waals surface area contributed by atoms with Crippen LogP contribution in [0.15, 0.2) is 60.8 Å². The lowest BCUT2D eigenvalue weighted by Gasteiger charge is -2.34. The van der Waals surface area contributed by atoms with E-state index in [9.17, 15) is 92.3 Å². The molecule has 0 saturated heterocycles. The van der Waals surface area contributed by atoms with Gasteiger partial charge in [-0.3, -0.25) is 71.9 Å². The molecule has 0 aliphatic heterocycles. The summed E-state index contributed by atoms with van der Waals surface area (Å²) in [5.41, 5.74) is 17.2. The van der Waals surface area contributed by atoms with Gasteiger partial charge in [0.05, 0.1) is 19.8 Å². The molecule has 36 heteroatoms. The molecule has 0 radical (unpaired) electrons. The summed E-state index contributed by atoms with van der Waals surface area (Å²) >= 11 is 0. The van der Waals surface area contributed by atoms with Gasteiger partial charge in [-0.15, -0.1) is 0 Å². The highest BCUT2D eigenvalue weighted by Gasteiger charge is 2.42. The van der Waals surface area contributed by atoms with Gasteiger partial charge in [0.1, 0.15) is 72.0 Å². The molecule has 1 aromatic heterocycles. The van der Waals surface area contributed by atoms with Gasteiger partial charge in [-0.25, -0.2) is 0 Å². The molecular weight excluding hydrogens is 1410 g/mol. The zero-order valence-electron chi connectivity index (χ0n) is 62.9. The molecule has 0 bridgehead atoms. The van der Waals surface area contributed by atoms with E-state index in [0.717, 1.165) is 25.7 Å². The smallest absolute Gasteiger partial charge is 0.325 e. The van der Waals surface area contributed by atoms with Gasteiger partial charge in [-0.05, 0) is 101 Å². The number of carboxylic acids is 2. The second-order valence-electron chi connectivity index (χ2n) is 27.7. The molecule has 24 N–H and O–H groups in total. The van der Waals surface area contributed by atoms with Gasteiger partial charge in [0.15, 0.2) is 0 Å². The molecule has 0 spiro atoms. The second kappa shape index (κ2) is 46.8. The number of para-hydroxylation sites is 1. The van der Waals surface area contributed by atoms with Gasteiger partial charge in [-0.1, -0.05) is 123 Å². The molecule has 13 amide bonds. The summed E-state index contributed by atoms with van der Waals surface area (Å²) < 4.78 is 0. The maximum Gasteiger partial charge on any atom is 0.325 e. The van der Waals surface area contributed by atoms with Crippen LogP contribution in [-0.4, -0.2) is 226 Å². The van der Waals surface area contributed by atoms with E-state index in [1.807, 2.05) is 0 Å². The quantitative estimate of drug-likeness (QED) is 0.0245. The number of nitrogens with two attached hydrogens (primary N) is 3. The molecule has 1 heterocycles. The highest BCUT2D eigenvalue weighted by atomic mass is 16.4. The molecule has 0 aliphatic rings. The average molecular weight is 1520 g/mol. The first-order valence-electron chi connectivity index (χ1n) is 36.4. The third-order valence-electron chi connectivity index (χ3n) is 17.6. The molecule has 3 rings (SSSR count). The van der Waals surface area contributed by atoms with Gasteiger partial charge in [0.2, 0.25) is 76.8 Å². The lowest BCUT2D eigenvalue weighted by atomic mass is 9.90. The van der Waals surface area contributed by atoms with E-state index in [0.29, 0.717) is 28.5 Å². The molecule has 108 heavy (non-hydrogen) atoms. The van der Waals surface area contributed by atoms with Gasteiger partial charge in [0.25, 0.3) is 0 Å². The number of aromatic nitrogens is 1. The van der Waals surface area contributed by atoms with Crippen LogP contribution >= 0.6 is 0 Å². The number of rotatable bonds is 50. The first-order chi connectivity index (χ1) is 51.1. The molecule has 12 atom stereocenters. The fourth-order valence-electron chi connectivity index (χ4n) is 11.3. The Kier molecular flexibility index (Phi) is 39.9. The fraction of sp³-hybridized carbons (Fsp3) is 0.597. The molecule has 600 valence electrons. The van der Waals surface area contributed by atoms with E-state index in [-0.39, 0.29) is 70.0 Å². The Morgan fingerprint density at radius 3 is 1.44 bits per heavy atom. The number of unbranched alkanes of at least 4 members (excludes halogenated alkanes) is 4. The maximum absolute atomic E-state index is 14.8. The number of benzene rings is 2. The van der Waals surface area contributed by atoms with Gasteiger partial charge >= 0.3 is 11.9 Å². The Bertz CT molecular complexity index is 3520. The fourth-order valence-corrected chi connectivity index (χ4v) is 11.3. The molecule has 0 fully saturated rings. The van der Waals surface area contributed by atoms with E-state index in [4.69, 9.17) is 17.2 Å². The lowest BCUT2D eigenvalue weighted by molar-refractivity contribution is -0.142. The molecule has 0 saturated carbocycles. The van der Waals surface area contributed by atoms with Gasteiger partial charge in [0, 0.05) is 42.8 Å². The Balaban J connectivity index is 1.87. The van der Waals surface area contributed by atoms with Crippen molar-refractivity contribution in [3.63, 3.8) is 0 Å². The minimum absolute atomic E-state index is 0.0722. The monoisotopic (exact) mass is 1520 g/mol. The molecule has 0 aliphatic carbocycles. The number of carboxylic acid groups (broad SMARTS) is 2. The predicted octanol–water partition coefficient (Wildman–Crippen LogP) is -3.39. The van der Waals surface area contributed by atoms with Crippen LogP contribution in [0.4, 0.5) is 0 Å². The van der Waals surface area contributed by atoms with E-state index in [1.54, 1.807) is 102 Å². The number of hydrogen-bond acceptors (Lipinski definition) is 20. The topological polar surface area (TPSA) is 587 Å². The first kappa shape index (κ1) is 92.0. The Hall–Kier alpha value is -10.2. The summed E-state index contributed by atoms with van der Waals surface area (Å²) in [5.74, 6) is -16.5. The van der Waals surface area contributed by atoms with E-state index in [2.05, 4.69) is 81.0 Å². The molecular formula is C72H113N17O19. The van der Waals surface area contributed by atoms with Crippen LogP contribution in [0.5, 0.6) is 0 Å². The number of carbonyl (C=O) groups excluding carboxylic acids is 13. The summed E-state index contributed by atoms with van der Waals surface area (Å²) in [5, 5.41) is 73.1. The summed E-state index contributed by atoms with van der Waals surface area (Å²) in [6.45, 7) is 10.7. The van der Waals surface area contributed by atoms with Crippen molar-refractivity contribution < 1.29 is 92.3 Å². The van der Waals surface area contributed by atoms with Crippen molar-refractivity contribution in [1.82, 2.24) is 74.1 Å². The van der Waals surface area contributed by atoms with Crippen molar-refractivity contribution in [3.05, 3.63) is 71.9 Å². The van der Waals surface area contributed by atoms with Gasteiger partial charge < -0.3 is 112 Å². The first-order valence-corrected chi connectivity index (χ1v) is 36.4. The van der Waals surface area contributed by atoms with Crippen LogP contribution in [-0.2, 0) is 84.8 Å². The van der Waals surface area contributed by atoms with Crippen LogP contribution < -0.4 is 86.3 Å². The summed E-state index contributed by atoms with van der Waals surface area (Å²) in [6.07, 6.45) is 3.72. The van der Waals surface area contributed by atoms with E-state index < -0.39 is 199 Å². The highest BCUT2D eigenvalue weighted by Crippen LogP contribution is 2.21. The molecule has 0 unspecified atom stereocenters. The standard InChI is InChI=1S/C72H113N17O19/c1-10-11-12-13-17-24-54(92)86-57(39(2)3)68(104)82-48(27-30-73)60(96)77-36-55(93)79-52(37-90)64(100)83-51(33-44-35-76-46-23-19-18-22-45(44)46)63(99)84-53(38-91)65(101)80-49(28-31-74)61(97)81-50(29-32-75)66(102)89-72(9,34-43-20-15-14-16-21-43)71(108)85-47(25-26-56(94)95)62(98)87-59(41(6)7)69(105)88-58(40(4)5)67(103)78-42(8)70(106)107/h14-16,18-23,35,39-42,47-53,57-59,76,90-91H,10-13,17,24-34,36-38,73-75H2,1-9H3,(H,77,96)(H,78,103)(H,79,93)(H,80,101)(H,81,97)(H,82,104)(H,83,100)(H,84,99)(H,85,108)(H,86,92)(H,87,98)(H,88,105)(H,89,102)(H,94,95)(H,106,107)/t42-,47-,48+,49-,50+,51+,52+,53-,57+,58+,59-,72-/m0/s1. The largest absolute Gasteiger partial charge is 0.481 e. The number of carbonyl (C=O) groups is 15. The number of hydrogen-bond donors (Lipinski definition) is 21. The van der Waals surface area contributed by atoms with Crippen molar-refractivity contribution in [2.45, 2.75) is 218 Å². The van der Waals surface area contributed by atoms with Crippen molar-refractivity contribution in [1.29, 1.82) is 0 Å². The number of H-pyrrole nitrogens is 1. The van der Waals surface area contributed by atoms with Crippen molar-refractivity contribution in [2.24, 2.45) is 35.0 Å². The lowest BCUT2D eigenvalue weighted by Crippen LogP contribution is -2.65. The third-order valence-corrected chi connectivity index (χ3v) is 17.6. The predicted molar refractivity (Wildman–Crippen MR) is 396 cm³/mol. The minimum atomic E-state index is -2.06. The third kappa shape index (κ3) is 30.6. The molecule has 3 aromatic rings. The SMILES string of the molecule is CCCCCCCC(=O)N[C@@H](C(=O)N[C@H](CCN)C(=O)NCC(=O)N[C@H](CO)C(=O)N[C@H](Cc1c[nH]c2ccccc12)C(=O)N[C@@H](CO)C(=O)N[C@@H](CCN)C(=O)N[C@H](CCN)C(=O)N[C@@](C)(Cc1ccccc1)C(=O)N[C@@H](CCC(=O)O)C(=O)N[C@H](C(=O)N[C@@H](C(=O)N[C@@H](C)C(=O)O)C(C)C)C(C)C)C(C)C.